The molecule has 2 rings (SSSR count). The van der Waals surface area contributed by atoms with Gasteiger partial charge >= 0.3 is 5.97 Å². The number of carboxylic acid groups (broad SMARTS) is 1. The van der Waals surface area contributed by atoms with Gasteiger partial charge in [0.25, 0.3) is 0 Å². The van der Waals surface area contributed by atoms with E-state index >= 15 is 0 Å². The Morgan fingerprint density at radius 2 is 1.78 bits per heavy atom. The van der Waals surface area contributed by atoms with Crippen LogP contribution in [-0.2, 0) is 4.79 Å². The number of hydrogen-bond acceptors (Lipinski definition) is 3. The van der Waals surface area contributed by atoms with Crippen molar-refractivity contribution in [2.75, 3.05) is 7.11 Å². The third-order valence-electron chi connectivity index (χ3n) is 3.42. The number of aliphatic imine (C=N–C) groups is 1. The van der Waals surface area contributed by atoms with Crippen LogP contribution in [0.4, 0.5) is 0 Å². The first-order valence-electron chi connectivity index (χ1n) is 7.35. The fourth-order valence-electron chi connectivity index (χ4n) is 2.24. The summed E-state index contributed by atoms with van der Waals surface area (Å²) < 4.78 is 5.10. The molecule has 0 amide bonds. The Hall–Kier alpha value is -2.88. The van der Waals surface area contributed by atoms with Crippen LogP contribution in [0, 0.1) is 0 Å². The van der Waals surface area contributed by atoms with Crippen molar-refractivity contribution in [2.45, 2.75) is 13.3 Å². The van der Waals surface area contributed by atoms with Crippen molar-refractivity contribution in [2.24, 2.45) is 4.99 Å². The van der Waals surface area contributed by atoms with Gasteiger partial charge in [0.05, 0.1) is 7.11 Å². The number of carboxylic acids is 1. The molecule has 2 aromatic carbocycles. The first kappa shape index (κ1) is 16.5. The summed E-state index contributed by atoms with van der Waals surface area (Å²) in [7, 11) is 1.60. The van der Waals surface area contributed by atoms with E-state index in [1.54, 1.807) is 13.3 Å². The Kier molecular flexibility index (Phi) is 5.69. The van der Waals surface area contributed by atoms with Crippen LogP contribution < -0.4 is 4.74 Å². The number of allylic oxidation sites excluding steroid dienone is 1. The minimum Gasteiger partial charge on any atom is -0.497 e. The smallest absolute Gasteiger partial charge is 0.354 e. The van der Waals surface area contributed by atoms with Gasteiger partial charge in [-0.15, -0.1) is 0 Å². The molecule has 0 bridgehead atoms. The van der Waals surface area contributed by atoms with Crippen molar-refractivity contribution in [3.63, 3.8) is 0 Å². The van der Waals surface area contributed by atoms with Gasteiger partial charge in [-0.2, -0.15) is 0 Å². The van der Waals surface area contributed by atoms with Crippen LogP contribution in [0.3, 0.4) is 0 Å². The molecule has 0 fully saturated rings. The second-order valence-electron chi connectivity index (χ2n) is 4.88. The maximum absolute atomic E-state index is 11.6. The Morgan fingerprint density at radius 3 is 2.30 bits per heavy atom. The van der Waals surface area contributed by atoms with E-state index in [1.165, 1.54) is 0 Å². The molecular formula is C19H19NO3. The molecule has 0 spiro atoms. The van der Waals surface area contributed by atoms with E-state index in [9.17, 15) is 9.90 Å². The van der Waals surface area contributed by atoms with Crippen molar-refractivity contribution in [3.8, 4) is 5.75 Å². The standard InChI is InChI=1S/C19H19NO3/c1-3-17(15-7-5-4-6-8-15)18(19(21)22)20-13-14-9-11-16(23-2)12-10-14/h4-13H,3H2,1-2H3,(H,21,22). The average molecular weight is 309 g/mol. The molecule has 0 heterocycles. The number of rotatable bonds is 6. The van der Waals surface area contributed by atoms with Gasteiger partial charge < -0.3 is 9.84 Å². The highest BCUT2D eigenvalue weighted by Gasteiger charge is 2.13. The molecule has 2 aromatic rings. The number of methoxy groups -OCH3 is 1. The molecule has 0 atom stereocenters. The van der Waals surface area contributed by atoms with Crippen LogP contribution in [0.25, 0.3) is 5.57 Å². The summed E-state index contributed by atoms with van der Waals surface area (Å²) in [4.78, 5) is 15.8. The minimum absolute atomic E-state index is 0.0644. The average Bonchev–Trinajstić information content (AvgIpc) is 2.59. The molecule has 118 valence electrons. The van der Waals surface area contributed by atoms with Gasteiger partial charge in [0.1, 0.15) is 5.75 Å². The molecule has 0 aliphatic heterocycles. The molecule has 0 radical (unpaired) electrons. The lowest BCUT2D eigenvalue weighted by atomic mass is 10.0. The van der Waals surface area contributed by atoms with E-state index in [2.05, 4.69) is 4.99 Å². The second kappa shape index (κ2) is 7.94. The second-order valence-corrected chi connectivity index (χ2v) is 4.88. The first-order valence-corrected chi connectivity index (χ1v) is 7.35. The largest absolute Gasteiger partial charge is 0.497 e. The molecular weight excluding hydrogens is 290 g/mol. The molecule has 0 aliphatic carbocycles. The highest BCUT2D eigenvalue weighted by Crippen LogP contribution is 2.23. The van der Waals surface area contributed by atoms with Crippen molar-refractivity contribution in [1.29, 1.82) is 0 Å². The Morgan fingerprint density at radius 1 is 1.13 bits per heavy atom. The molecule has 0 saturated carbocycles. The lowest BCUT2D eigenvalue weighted by Gasteiger charge is -2.07. The molecule has 4 nitrogen and oxygen atoms in total. The normalized spacial score (nSPS) is 12.1. The predicted octanol–water partition coefficient (Wildman–Crippen LogP) is 4.02. The molecule has 0 unspecified atom stereocenters. The van der Waals surface area contributed by atoms with Crippen LogP contribution in [0.15, 0.2) is 65.3 Å². The van der Waals surface area contributed by atoms with Gasteiger partial charge in [-0.25, -0.2) is 9.79 Å². The fourth-order valence-corrected chi connectivity index (χ4v) is 2.24. The monoisotopic (exact) mass is 309 g/mol. The van der Waals surface area contributed by atoms with Crippen LogP contribution in [0.2, 0.25) is 0 Å². The third kappa shape index (κ3) is 4.30. The van der Waals surface area contributed by atoms with Crippen molar-refractivity contribution >= 4 is 17.8 Å². The number of nitrogens with zero attached hydrogens (tertiary/aromatic N) is 1. The number of benzene rings is 2. The number of aliphatic carboxylic acids is 1. The predicted molar refractivity (Wildman–Crippen MR) is 91.9 cm³/mol. The maximum Gasteiger partial charge on any atom is 0.354 e. The van der Waals surface area contributed by atoms with E-state index in [0.717, 1.165) is 16.9 Å². The zero-order valence-electron chi connectivity index (χ0n) is 13.2. The first-order chi connectivity index (χ1) is 11.2. The van der Waals surface area contributed by atoms with E-state index in [-0.39, 0.29) is 5.70 Å². The van der Waals surface area contributed by atoms with Crippen LogP contribution >= 0.6 is 0 Å². The number of carbonyl (C=O) groups is 1. The summed E-state index contributed by atoms with van der Waals surface area (Å²) in [5.74, 6) is -0.287. The van der Waals surface area contributed by atoms with Crippen molar-refractivity contribution in [1.82, 2.24) is 0 Å². The SMILES string of the molecule is CCC(=C(N=Cc1ccc(OC)cc1)C(=O)O)c1ccccc1. The topological polar surface area (TPSA) is 58.9 Å². The summed E-state index contributed by atoms with van der Waals surface area (Å²) in [6.07, 6.45) is 2.15. The van der Waals surface area contributed by atoms with Crippen LogP contribution in [-0.4, -0.2) is 24.4 Å². The summed E-state index contributed by atoms with van der Waals surface area (Å²) in [5, 5.41) is 9.50. The van der Waals surface area contributed by atoms with Crippen LogP contribution in [0.5, 0.6) is 5.75 Å². The Labute approximate surface area is 135 Å². The van der Waals surface area contributed by atoms with E-state index in [1.807, 2.05) is 61.5 Å². The fraction of sp³-hybridized carbons (Fsp3) is 0.158. The zero-order valence-corrected chi connectivity index (χ0v) is 13.2. The third-order valence-corrected chi connectivity index (χ3v) is 3.42. The van der Waals surface area contributed by atoms with Gasteiger partial charge in [0.15, 0.2) is 5.70 Å². The minimum atomic E-state index is -1.03. The quantitative estimate of drug-likeness (QED) is 0.647. The lowest BCUT2D eigenvalue weighted by Crippen LogP contribution is -2.03. The van der Waals surface area contributed by atoms with Gasteiger partial charge in [-0.05, 0) is 47.4 Å². The van der Waals surface area contributed by atoms with Gasteiger partial charge in [0.2, 0.25) is 0 Å². The van der Waals surface area contributed by atoms with E-state index in [0.29, 0.717) is 12.0 Å². The number of hydrogen-bond donors (Lipinski definition) is 1. The lowest BCUT2D eigenvalue weighted by molar-refractivity contribution is -0.132. The summed E-state index contributed by atoms with van der Waals surface area (Å²) in [6.45, 7) is 1.92. The van der Waals surface area contributed by atoms with E-state index in [4.69, 9.17) is 4.74 Å². The van der Waals surface area contributed by atoms with Crippen molar-refractivity contribution < 1.29 is 14.6 Å². The molecule has 1 N–H and O–H groups in total. The zero-order chi connectivity index (χ0) is 16.7. The molecule has 0 saturated heterocycles. The summed E-state index contributed by atoms with van der Waals surface area (Å²) in [6, 6.07) is 16.7. The Balaban J connectivity index is 2.38. The van der Waals surface area contributed by atoms with E-state index < -0.39 is 5.97 Å². The highest BCUT2D eigenvalue weighted by molar-refractivity contribution is 5.98. The highest BCUT2D eigenvalue weighted by atomic mass is 16.5. The Bertz CT molecular complexity index is 716. The van der Waals surface area contributed by atoms with Gasteiger partial charge in [0, 0.05) is 6.21 Å². The maximum atomic E-state index is 11.6. The molecule has 0 aromatic heterocycles. The molecule has 0 aliphatic rings. The van der Waals surface area contributed by atoms with Crippen LogP contribution in [0.1, 0.15) is 24.5 Å². The summed E-state index contributed by atoms with van der Waals surface area (Å²) >= 11 is 0. The number of ether oxygens (including phenoxy) is 1. The van der Waals surface area contributed by atoms with Crippen molar-refractivity contribution in [3.05, 3.63) is 71.4 Å². The molecule has 23 heavy (non-hydrogen) atoms. The van der Waals surface area contributed by atoms with Gasteiger partial charge in [-0.1, -0.05) is 37.3 Å². The molecule has 4 heteroatoms. The summed E-state index contributed by atoms with van der Waals surface area (Å²) in [5.41, 5.74) is 2.46. The van der Waals surface area contributed by atoms with Gasteiger partial charge in [-0.3, -0.25) is 0 Å².